The minimum atomic E-state index is -1.18. The lowest BCUT2D eigenvalue weighted by molar-refractivity contribution is 0.0658. The van der Waals surface area contributed by atoms with E-state index < -0.39 is 5.97 Å². The number of imidazole rings is 1. The Morgan fingerprint density at radius 1 is 1.56 bits per heavy atom. The van der Waals surface area contributed by atoms with Crippen LogP contribution in [-0.4, -0.2) is 44.4 Å². The highest BCUT2D eigenvalue weighted by Crippen LogP contribution is 2.20. The maximum absolute atomic E-state index is 12.3. The smallest absolute Gasteiger partial charge is 0.354 e. The standard InChI is InChI=1S/C12H15N3O3/c1-7(2)8-4-3-5-15(8)11(16)9-10(12(17)18)14-6-13-9/h3-4,6-8H,5H2,1-2H3,(H,13,14)(H,17,18). The number of rotatable bonds is 3. The Morgan fingerprint density at radius 2 is 2.28 bits per heavy atom. The van der Waals surface area contributed by atoms with Crippen LogP contribution in [0.25, 0.3) is 0 Å². The molecule has 2 N–H and O–H groups in total. The summed E-state index contributed by atoms with van der Waals surface area (Å²) >= 11 is 0. The number of carboxylic acid groups (broad SMARTS) is 1. The third kappa shape index (κ3) is 2.01. The Bertz CT molecular complexity index is 504. The number of carbonyl (C=O) groups is 2. The molecule has 1 aliphatic heterocycles. The van der Waals surface area contributed by atoms with Gasteiger partial charge in [-0.3, -0.25) is 4.79 Å². The van der Waals surface area contributed by atoms with Gasteiger partial charge < -0.3 is 15.0 Å². The number of aromatic nitrogens is 2. The second-order valence-electron chi connectivity index (χ2n) is 4.55. The number of nitrogens with one attached hydrogen (secondary N) is 1. The maximum atomic E-state index is 12.3. The van der Waals surface area contributed by atoms with Crippen LogP contribution in [0.2, 0.25) is 0 Å². The van der Waals surface area contributed by atoms with E-state index >= 15 is 0 Å². The van der Waals surface area contributed by atoms with Gasteiger partial charge in [0.05, 0.1) is 12.4 Å². The van der Waals surface area contributed by atoms with E-state index in [1.165, 1.54) is 6.33 Å². The minimum Gasteiger partial charge on any atom is -0.477 e. The van der Waals surface area contributed by atoms with Crippen molar-refractivity contribution >= 4 is 11.9 Å². The van der Waals surface area contributed by atoms with Gasteiger partial charge in [-0.2, -0.15) is 0 Å². The molecule has 0 aliphatic carbocycles. The minimum absolute atomic E-state index is 0.00385. The summed E-state index contributed by atoms with van der Waals surface area (Å²) in [7, 11) is 0. The predicted octanol–water partition coefficient (Wildman–Crippen LogP) is 1.14. The molecule has 2 heterocycles. The number of carboxylic acids is 1. The van der Waals surface area contributed by atoms with Crippen LogP contribution >= 0.6 is 0 Å². The normalized spacial score (nSPS) is 18.6. The van der Waals surface area contributed by atoms with Crippen molar-refractivity contribution in [2.24, 2.45) is 5.92 Å². The van der Waals surface area contributed by atoms with E-state index in [1.54, 1.807) is 4.90 Å². The maximum Gasteiger partial charge on any atom is 0.354 e. The highest BCUT2D eigenvalue weighted by Gasteiger charge is 2.31. The van der Waals surface area contributed by atoms with Gasteiger partial charge in [-0.05, 0) is 5.92 Å². The summed E-state index contributed by atoms with van der Waals surface area (Å²) in [5.41, 5.74) is -0.189. The Labute approximate surface area is 104 Å². The average molecular weight is 249 g/mol. The highest BCUT2D eigenvalue weighted by atomic mass is 16.4. The molecule has 0 saturated heterocycles. The fraction of sp³-hybridized carbons (Fsp3) is 0.417. The number of carbonyl (C=O) groups excluding carboxylic acids is 1. The van der Waals surface area contributed by atoms with E-state index in [-0.39, 0.29) is 29.3 Å². The van der Waals surface area contributed by atoms with Gasteiger partial charge in [0.1, 0.15) is 0 Å². The molecule has 1 aromatic rings. The van der Waals surface area contributed by atoms with E-state index in [1.807, 2.05) is 26.0 Å². The fourth-order valence-corrected chi connectivity index (χ4v) is 2.10. The number of hydrogen-bond acceptors (Lipinski definition) is 3. The summed E-state index contributed by atoms with van der Waals surface area (Å²) in [6, 6.07) is -0.00385. The van der Waals surface area contributed by atoms with Crippen molar-refractivity contribution in [2.75, 3.05) is 6.54 Å². The molecule has 0 saturated carbocycles. The lowest BCUT2D eigenvalue weighted by Gasteiger charge is -2.26. The van der Waals surface area contributed by atoms with Crippen LogP contribution in [-0.2, 0) is 0 Å². The molecule has 0 aromatic carbocycles. The third-order valence-corrected chi connectivity index (χ3v) is 2.99. The molecule has 1 atom stereocenters. The zero-order valence-electron chi connectivity index (χ0n) is 10.3. The molecule has 0 radical (unpaired) electrons. The first kappa shape index (κ1) is 12.3. The Morgan fingerprint density at radius 3 is 2.89 bits per heavy atom. The highest BCUT2D eigenvalue weighted by molar-refractivity contribution is 6.02. The molecular formula is C12H15N3O3. The van der Waals surface area contributed by atoms with E-state index in [2.05, 4.69) is 9.97 Å². The number of amides is 1. The van der Waals surface area contributed by atoms with Crippen LogP contribution in [0.1, 0.15) is 34.8 Å². The number of aromatic carboxylic acids is 1. The van der Waals surface area contributed by atoms with Crippen LogP contribution in [0.5, 0.6) is 0 Å². The Hall–Kier alpha value is -2.11. The van der Waals surface area contributed by atoms with E-state index in [9.17, 15) is 9.59 Å². The molecule has 0 bridgehead atoms. The van der Waals surface area contributed by atoms with Crippen molar-refractivity contribution in [3.8, 4) is 0 Å². The molecule has 1 unspecified atom stereocenters. The molecule has 96 valence electrons. The molecule has 1 aromatic heterocycles. The molecule has 1 amide bonds. The third-order valence-electron chi connectivity index (χ3n) is 2.99. The second kappa shape index (κ2) is 4.64. The number of H-pyrrole nitrogens is 1. The summed E-state index contributed by atoms with van der Waals surface area (Å²) in [4.78, 5) is 31.2. The molecule has 1 aliphatic rings. The van der Waals surface area contributed by atoms with Crippen molar-refractivity contribution in [3.63, 3.8) is 0 Å². The van der Waals surface area contributed by atoms with E-state index in [4.69, 9.17) is 5.11 Å². The molecule has 0 spiro atoms. The van der Waals surface area contributed by atoms with Gasteiger partial charge in [0.25, 0.3) is 5.91 Å². The summed E-state index contributed by atoms with van der Waals surface area (Å²) in [6.07, 6.45) is 5.11. The quantitative estimate of drug-likeness (QED) is 0.786. The van der Waals surface area contributed by atoms with Gasteiger partial charge in [-0.15, -0.1) is 0 Å². The first-order chi connectivity index (χ1) is 8.52. The van der Waals surface area contributed by atoms with Gasteiger partial charge in [0, 0.05) is 6.54 Å². The lowest BCUT2D eigenvalue weighted by atomic mass is 10.0. The van der Waals surface area contributed by atoms with Crippen LogP contribution in [0.3, 0.4) is 0 Å². The lowest BCUT2D eigenvalue weighted by Crippen LogP contribution is -2.39. The van der Waals surface area contributed by atoms with Gasteiger partial charge in [-0.1, -0.05) is 26.0 Å². The van der Waals surface area contributed by atoms with Gasteiger partial charge in [0.2, 0.25) is 0 Å². The number of hydrogen-bond donors (Lipinski definition) is 2. The molecule has 18 heavy (non-hydrogen) atoms. The van der Waals surface area contributed by atoms with Crippen LogP contribution < -0.4 is 0 Å². The average Bonchev–Trinajstić information content (AvgIpc) is 2.97. The van der Waals surface area contributed by atoms with Crippen molar-refractivity contribution in [1.29, 1.82) is 0 Å². The first-order valence-corrected chi connectivity index (χ1v) is 5.76. The SMILES string of the molecule is CC(C)C1C=CCN1C(=O)c1nc[nH]c1C(=O)O. The molecular weight excluding hydrogens is 234 g/mol. The topological polar surface area (TPSA) is 86.3 Å². The van der Waals surface area contributed by atoms with Crippen LogP contribution in [0.4, 0.5) is 0 Å². The monoisotopic (exact) mass is 249 g/mol. The summed E-state index contributed by atoms with van der Waals surface area (Å²) in [6.45, 7) is 4.53. The van der Waals surface area contributed by atoms with Gasteiger partial charge >= 0.3 is 5.97 Å². The number of aromatic amines is 1. The summed E-state index contributed by atoms with van der Waals surface area (Å²) in [5.74, 6) is -1.25. The molecule has 0 fully saturated rings. The van der Waals surface area contributed by atoms with Gasteiger partial charge in [-0.25, -0.2) is 9.78 Å². The number of nitrogens with zero attached hydrogens (tertiary/aromatic N) is 2. The van der Waals surface area contributed by atoms with Crippen molar-refractivity contribution in [2.45, 2.75) is 19.9 Å². The first-order valence-electron chi connectivity index (χ1n) is 5.76. The molecule has 6 heteroatoms. The largest absolute Gasteiger partial charge is 0.477 e. The zero-order chi connectivity index (χ0) is 13.3. The summed E-state index contributed by atoms with van der Waals surface area (Å²) in [5, 5.41) is 8.96. The Kier molecular flexibility index (Phi) is 3.18. The van der Waals surface area contributed by atoms with Crippen molar-refractivity contribution in [3.05, 3.63) is 29.9 Å². The zero-order valence-corrected chi connectivity index (χ0v) is 10.3. The van der Waals surface area contributed by atoms with Crippen LogP contribution in [0.15, 0.2) is 18.5 Å². The van der Waals surface area contributed by atoms with Crippen molar-refractivity contribution < 1.29 is 14.7 Å². The molecule has 2 rings (SSSR count). The fourth-order valence-electron chi connectivity index (χ4n) is 2.10. The van der Waals surface area contributed by atoms with Crippen LogP contribution in [0, 0.1) is 5.92 Å². The van der Waals surface area contributed by atoms with E-state index in [0.29, 0.717) is 6.54 Å². The van der Waals surface area contributed by atoms with E-state index in [0.717, 1.165) is 0 Å². The molecule has 6 nitrogen and oxygen atoms in total. The van der Waals surface area contributed by atoms with Crippen molar-refractivity contribution in [1.82, 2.24) is 14.9 Å². The Balaban J connectivity index is 2.27. The summed E-state index contributed by atoms with van der Waals surface area (Å²) < 4.78 is 0. The predicted molar refractivity (Wildman–Crippen MR) is 64.3 cm³/mol. The second-order valence-corrected chi connectivity index (χ2v) is 4.55. The van der Waals surface area contributed by atoms with Gasteiger partial charge in [0.15, 0.2) is 11.4 Å².